The van der Waals surface area contributed by atoms with Crippen molar-refractivity contribution in [2.75, 3.05) is 26.2 Å². The van der Waals surface area contributed by atoms with Crippen LogP contribution in [0, 0.1) is 11.8 Å². The number of rotatable bonds is 2. The summed E-state index contributed by atoms with van der Waals surface area (Å²) in [6, 6.07) is 0. The van der Waals surface area contributed by atoms with Crippen molar-refractivity contribution in [3.63, 3.8) is 0 Å². The molecule has 2 heterocycles. The van der Waals surface area contributed by atoms with Gasteiger partial charge in [0.15, 0.2) is 0 Å². The first-order chi connectivity index (χ1) is 9.40. The zero-order valence-corrected chi connectivity index (χ0v) is 14.1. The normalized spacial score (nSPS) is 34.8. The van der Waals surface area contributed by atoms with Crippen LogP contribution in [0.5, 0.6) is 0 Å². The first-order valence-corrected chi connectivity index (χ1v) is 8.12. The van der Waals surface area contributed by atoms with E-state index in [2.05, 4.69) is 52.2 Å². The molecule has 0 bridgehead atoms. The highest BCUT2D eigenvalue weighted by Crippen LogP contribution is 2.12. The van der Waals surface area contributed by atoms with Crippen LogP contribution in [-0.2, 0) is 9.47 Å². The smallest absolute Gasteiger partial charge is 0.0726 e. The molecule has 0 amide bonds. The van der Waals surface area contributed by atoms with E-state index in [1.165, 1.54) is 0 Å². The molecule has 2 aliphatic heterocycles. The van der Waals surface area contributed by atoms with Crippen molar-refractivity contribution < 1.29 is 9.47 Å². The van der Waals surface area contributed by atoms with Gasteiger partial charge in [-0.1, -0.05) is 27.7 Å². The molecule has 2 N–H and O–H groups in total. The molecule has 0 aromatic carbocycles. The zero-order chi connectivity index (χ0) is 15.1. The van der Waals surface area contributed by atoms with Crippen LogP contribution in [0.4, 0.5) is 0 Å². The van der Waals surface area contributed by atoms with E-state index >= 15 is 0 Å². The number of hydrogen-bond acceptors (Lipinski definition) is 4. The number of morpholine rings is 2. The summed E-state index contributed by atoms with van der Waals surface area (Å²) in [5.74, 6) is 1.27. The van der Waals surface area contributed by atoms with E-state index in [1.54, 1.807) is 0 Å². The Balaban J connectivity index is 0.000000200. The molecule has 0 unspecified atom stereocenters. The van der Waals surface area contributed by atoms with Gasteiger partial charge < -0.3 is 20.1 Å². The molecule has 0 aliphatic carbocycles. The summed E-state index contributed by atoms with van der Waals surface area (Å²) >= 11 is 0. The van der Waals surface area contributed by atoms with E-state index in [1.807, 2.05) is 0 Å². The third-order valence-corrected chi connectivity index (χ3v) is 3.86. The maximum Gasteiger partial charge on any atom is 0.0726 e. The van der Waals surface area contributed by atoms with E-state index in [-0.39, 0.29) is 0 Å². The highest BCUT2D eigenvalue weighted by atomic mass is 16.5. The lowest BCUT2D eigenvalue weighted by Crippen LogP contribution is -2.45. The van der Waals surface area contributed by atoms with Crippen molar-refractivity contribution >= 4 is 0 Å². The predicted octanol–water partition coefficient (Wildman–Crippen LogP) is 2.04. The van der Waals surface area contributed by atoms with E-state index in [4.69, 9.17) is 9.47 Å². The minimum absolute atomic E-state index is 0.390. The van der Waals surface area contributed by atoms with Crippen LogP contribution in [0.15, 0.2) is 0 Å². The van der Waals surface area contributed by atoms with E-state index in [0.29, 0.717) is 36.3 Å². The van der Waals surface area contributed by atoms with Crippen molar-refractivity contribution in [2.45, 2.75) is 66.0 Å². The highest BCUT2D eigenvalue weighted by Gasteiger charge is 2.21. The molecule has 0 aromatic heterocycles. The minimum Gasteiger partial charge on any atom is -0.372 e. The summed E-state index contributed by atoms with van der Waals surface area (Å²) in [5.41, 5.74) is 0. The Hall–Kier alpha value is -0.160. The molecule has 2 aliphatic rings. The average molecular weight is 286 g/mol. The van der Waals surface area contributed by atoms with Crippen LogP contribution in [0.2, 0.25) is 0 Å². The lowest BCUT2D eigenvalue weighted by atomic mass is 10.1. The molecule has 0 radical (unpaired) electrons. The molecule has 2 fully saturated rings. The Labute approximate surface area is 125 Å². The first kappa shape index (κ1) is 17.9. The summed E-state index contributed by atoms with van der Waals surface area (Å²) in [7, 11) is 0. The number of nitrogens with one attached hydrogen (secondary N) is 2. The SMILES string of the molecule is CC(C)[C@@H]1CNC[C@H](C)O1.CC(C)[C@H]1CNC[C@@H](C)O1. The quantitative estimate of drug-likeness (QED) is 0.815. The molecule has 2 rings (SSSR count). The summed E-state index contributed by atoms with van der Waals surface area (Å²) < 4.78 is 11.4. The number of ether oxygens (including phenoxy) is 2. The maximum atomic E-state index is 5.69. The third-order valence-electron chi connectivity index (χ3n) is 3.86. The molecule has 0 saturated carbocycles. The standard InChI is InChI=1S/2C8H17NO/c2*1-6(2)8-5-9-4-7(3)10-8/h2*6-9H,4-5H2,1-3H3/t2*7-,8-/m10/s1. The fourth-order valence-corrected chi connectivity index (χ4v) is 2.43. The lowest BCUT2D eigenvalue weighted by Gasteiger charge is -2.31. The van der Waals surface area contributed by atoms with Gasteiger partial charge in [-0.05, 0) is 25.7 Å². The van der Waals surface area contributed by atoms with Gasteiger partial charge in [-0.25, -0.2) is 0 Å². The summed E-state index contributed by atoms with van der Waals surface area (Å²) in [6.07, 6.45) is 1.62. The monoisotopic (exact) mass is 286 g/mol. The van der Waals surface area contributed by atoms with E-state index in [9.17, 15) is 0 Å². The molecule has 0 spiro atoms. The Morgan fingerprint density at radius 1 is 0.700 bits per heavy atom. The molecule has 120 valence electrons. The van der Waals surface area contributed by atoms with Gasteiger partial charge in [0.1, 0.15) is 0 Å². The summed E-state index contributed by atoms with van der Waals surface area (Å²) in [6.45, 7) is 17.1. The first-order valence-electron chi connectivity index (χ1n) is 8.12. The van der Waals surface area contributed by atoms with Crippen LogP contribution in [0.3, 0.4) is 0 Å². The Kier molecular flexibility index (Phi) is 8.03. The molecular weight excluding hydrogens is 252 g/mol. The zero-order valence-electron chi connectivity index (χ0n) is 14.1. The van der Waals surface area contributed by atoms with Crippen LogP contribution >= 0.6 is 0 Å². The molecular formula is C16H34N2O2. The molecule has 2 saturated heterocycles. The van der Waals surface area contributed by atoms with Gasteiger partial charge in [-0.2, -0.15) is 0 Å². The van der Waals surface area contributed by atoms with Crippen molar-refractivity contribution in [3.05, 3.63) is 0 Å². The summed E-state index contributed by atoms with van der Waals surface area (Å²) in [4.78, 5) is 0. The van der Waals surface area contributed by atoms with Gasteiger partial charge in [-0.15, -0.1) is 0 Å². The average Bonchev–Trinajstić information content (AvgIpc) is 2.39. The van der Waals surface area contributed by atoms with Crippen molar-refractivity contribution in [1.29, 1.82) is 0 Å². The fourth-order valence-electron chi connectivity index (χ4n) is 2.43. The van der Waals surface area contributed by atoms with E-state index in [0.717, 1.165) is 26.2 Å². The van der Waals surface area contributed by atoms with Crippen molar-refractivity contribution in [1.82, 2.24) is 10.6 Å². The second-order valence-corrected chi connectivity index (χ2v) is 6.77. The minimum atomic E-state index is 0.390. The third kappa shape index (κ3) is 6.53. The van der Waals surface area contributed by atoms with Gasteiger partial charge in [0.05, 0.1) is 24.4 Å². The molecule has 20 heavy (non-hydrogen) atoms. The molecule has 0 aromatic rings. The summed E-state index contributed by atoms with van der Waals surface area (Å²) in [5, 5.41) is 6.68. The van der Waals surface area contributed by atoms with Crippen LogP contribution in [-0.4, -0.2) is 50.6 Å². The van der Waals surface area contributed by atoms with Gasteiger partial charge in [0.2, 0.25) is 0 Å². The molecule has 4 heteroatoms. The second kappa shape index (κ2) is 8.98. The lowest BCUT2D eigenvalue weighted by molar-refractivity contribution is -0.0495. The maximum absolute atomic E-state index is 5.69. The van der Waals surface area contributed by atoms with Gasteiger partial charge in [0.25, 0.3) is 0 Å². The van der Waals surface area contributed by atoms with Crippen molar-refractivity contribution in [2.24, 2.45) is 11.8 Å². The van der Waals surface area contributed by atoms with E-state index < -0.39 is 0 Å². The van der Waals surface area contributed by atoms with Crippen LogP contribution in [0.25, 0.3) is 0 Å². The van der Waals surface area contributed by atoms with Crippen LogP contribution < -0.4 is 10.6 Å². The Morgan fingerprint density at radius 2 is 1.05 bits per heavy atom. The van der Waals surface area contributed by atoms with Crippen molar-refractivity contribution in [3.8, 4) is 0 Å². The highest BCUT2D eigenvalue weighted by molar-refractivity contribution is 4.74. The predicted molar refractivity (Wildman–Crippen MR) is 84.1 cm³/mol. The topological polar surface area (TPSA) is 42.5 Å². The van der Waals surface area contributed by atoms with Gasteiger partial charge in [0, 0.05) is 26.2 Å². The van der Waals surface area contributed by atoms with Crippen LogP contribution in [0.1, 0.15) is 41.5 Å². The second-order valence-electron chi connectivity index (χ2n) is 6.77. The Bertz CT molecular complexity index is 233. The Morgan fingerprint density at radius 3 is 1.25 bits per heavy atom. The largest absolute Gasteiger partial charge is 0.372 e. The number of hydrogen-bond donors (Lipinski definition) is 2. The molecule has 4 nitrogen and oxygen atoms in total. The van der Waals surface area contributed by atoms with Gasteiger partial charge in [-0.3, -0.25) is 0 Å². The fraction of sp³-hybridized carbons (Fsp3) is 1.00. The van der Waals surface area contributed by atoms with Gasteiger partial charge >= 0.3 is 0 Å². The molecule has 4 atom stereocenters.